The largest absolute Gasteiger partial charge is 0.493 e. The molecule has 1 saturated heterocycles. The Morgan fingerprint density at radius 1 is 1.07 bits per heavy atom. The molecule has 0 bridgehead atoms. The van der Waals surface area contributed by atoms with Gasteiger partial charge in [-0.25, -0.2) is 0 Å². The van der Waals surface area contributed by atoms with Crippen LogP contribution in [0.2, 0.25) is 0 Å². The van der Waals surface area contributed by atoms with E-state index < -0.39 is 11.6 Å². The van der Waals surface area contributed by atoms with Gasteiger partial charge in [-0.3, -0.25) is 19.3 Å². The van der Waals surface area contributed by atoms with Crippen molar-refractivity contribution in [2.24, 2.45) is 0 Å². The number of nitrogens with zero attached hydrogens (tertiary/aromatic N) is 2. The zero-order valence-corrected chi connectivity index (χ0v) is 16.4. The smallest absolute Gasteiger partial charge is 0.271 e. The summed E-state index contributed by atoms with van der Waals surface area (Å²) in [4.78, 5) is 42.0. The van der Waals surface area contributed by atoms with E-state index in [-0.39, 0.29) is 24.7 Å². The standard InChI is InChI=1S/C21H21N3O5/c1-23-19(26)14-6-4-5-7-15(14)24-18(25)10-11-21(23,24)20(27)22-13-8-9-16(28-2)17(12-13)29-3/h4-9,12H,10-11H2,1-3H3,(H,22,27)/t21-/m1/s1. The van der Waals surface area contributed by atoms with Gasteiger partial charge in [0.15, 0.2) is 11.5 Å². The summed E-state index contributed by atoms with van der Waals surface area (Å²) >= 11 is 0. The number of carbonyl (C=O) groups is 3. The van der Waals surface area contributed by atoms with E-state index in [4.69, 9.17) is 9.47 Å². The Bertz CT molecular complexity index is 1020. The van der Waals surface area contributed by atoms with Crippen molar-refractivity contribution in [1.29, 1.82) is 0 Å². The maximum Gasteiger partial charge on any atom is 0.271 e. The number of anilines is 2. The molecule has 2 aromatic carbocycles. The van der Waals surface area contributed by atoms with E-state index in [1.165, 1.54) is 24.0 Å². The fourth-order valence-corrected chi connectivity index (χ4v) is 4.07. The van der Waals surface area contributed by atoms with Gasteiger partial charge in [-0.2, -0.15) is 0 Å². The molecule has 2 aromatic rings. The van der Waals surface area contributed by atoms with Crippen LogP contribution in [-0.2, 0) is 9.59 Å². The van der Waals surface area contributed by atoms with Crippen molar-refractivity contribution in [2.45, 2.75) is 18.5 Å². The fourth-order valence-electron chi connectivity index (χ4n) is 4.07. The summed E-state index contributed by atoms with van der Waals surface area (Å²) in [5.74, 6) is 0.0370. The van der Waals surface area contributed by atoms with Crippen LogP contribution in [-0.4, -0.2) is 49.6 Å². The fraction of sp³-hybridized carbons (Fsp3) is 0.286. The second-order valence-corrected chi connectivity index (χ2v) is 6.95. The molecule has 0 spiro atoms. The third kappa shape index (κ3) is 2.63. The minimum absolute atomic E-state index is 0.172. The number of amides is 3. The molecule has 0 saturated carbocycles. The van der Waals surface area contributed by atoms with Crippen LogP contribution in [0, 0.1) is 0 Å². The lowest BCUT2D eigenvalue weighted by Crippen LogP contribution is -2.68. The summed E-state index contributed by atoms with van der Waals surface area (Å²) in [5.41, 5.74) is -0.0863. The molecule has 0 aromatic heterocycles. The first-order valence-electron chi connectivity index (χ1n) is 9.17. The van der Waals surface area contributed by atoms with E-state index in [0.29, 0.717) is 28.4 Å². The SMILES string of the molecule is COc1ccc(NC(=O)[C@@]23CCC(=O)N2c2ccccc2C(=O)N3C)cc1OC. The Hall–Kier alpha value is -3.55. The predicted molar refractivity (Wildman–Crippen MR) is 106 cm³/mol. The molecular weight excluding hydrogens is 374 g/mol. The molecule has 8 heteroatoms. The number of benzene rings is 2. The Morgan fingerprint density at radius 3 is 2.52 bits per heavy atom. The lowest BCUT2D eigenvalue weighted by atomic mass is 9.96. The average molecular weight is 395 g/mol. The van der Waals surface area contributed by atoms with E-state index in [2.05, 4.69) is 5.32 Å². The van der Waals surface area contributed by atoms with E-state index in [9.17, 15) is 14.4 Å². The number of likely N-dealkylation sites (N-methyl/N-ethyl adjacent to an activating group) is 1. The summed E-state index contributed by atoms with van der Waals surface area (Å²) in [5, 5.41) is 2.84. The molecule has 4 rings (SSSR count). The minimum Gasteiger partial charge on any atom is -0.493 e. The van der Waals surface area contributed by atoms with Crippen molar-refractivity contribution >= 4 is 29.1 Å². The van der Waals surface area contributed by atoms with E-state index in [0.717, 1.165) is 0 Å². The van der Waals surface area contributed by atoms with Gasteiger partial charge in [0, 0.05) is 31.6 Å². The van der Waals surface area contributed by atoms with Gasteiger partial charge in [0.25, 0.3) is 11.8 Å². The molecule has 0 radical (unpaired) electrons. The topological polar surface area (TPSA) is 88.2 Å². The summed E-state index contributed by atoms with van der Waals surface area (Å²) in [6, 6.07) is 11.8. The molecule has 0 aliphatic carbocycles. The molecule has 2 aliphatic heterocycles. The second kappa shape index (κ2) is 6.80. The average Bonchev–Trinajstić information content (AvgIpc) is 3.10. The Balaban J connectivity index is 1.76. The van der Waals surface area contributed by atoms with Crippen molar-refractivity contribution in [3.8, 4) is 11.5 Å². The zero-order valence-electron chi connectivity index (χ0n) is 16.4. The van der Waals surface area contributed by atoms with Crippen molar-refractivity contribution in [2.75, 3.05) is 31.5 Å². The molecule has 1 N–H and O–H groups in total. The summed E-state index contributed by atoms with van der Waals surface area (Å²) < 4.78 is 10.5. The Kier molecular flexibility index (Phi) is 4.41. The molecule has 150 valence electrons. The summed E-state index contributed by atoms with van der Waals surface area (Å²) in [6.45, 7) is 0. The summed E-state index contributed by atoms with van der Waals surface area (Å²) in [6.07, 6.45) is 0.382. The molecule has 8 nitrogen and oxygen atoms in total. The highest BCUT2D eigenvalue weighted by molar-refractivity contribution is 6.18. The van der Waals surface area contributed by atoms with Crippen LogP contribution < -0.4 is 19.7 Å². The highest BCUT2D eigenvalue weighted by atomic mass is 16.5. The maximum atomic E-state index is 13.5. The number of methoxy groups -OCH3 is 2. The first-order chi connectivity index (χ1) is 13.9. The maximum absolute atomic E-state index is 13.5. The highest BCUT2D eigenvalue weighted by Crippen LogP contribution is 2.44. The van der Waals surface area contributed by atoms with Crippen LogP contribution >= 0.6 is 0 Å². The quantitative estimate of drug-likeness (QED) is 0.858. The van der Waals surface area contributed by atoms with Gasteiger partial charge in [-0.05, 0) is 24.3 Å². The molecule has 2 aliphatic rings. The second-order valence-electron chi connectivity index (χ2n) is 6.95. The van der Waals surface area contributed by atoms with E-state index >= 15 is 0 Å². The van der Waals surface area contributed by atoms with Gasteiger partial charge in [-0.1, -0.05) is 12.1 Å². The number of ether oxygens (including phenoxy) is 2. The van der Waals surface area contributed by atoms with Crippen LogP contribution in [0.5, 0.6) is 11.5 Å². The first kappa shape index (κ1) is 18.8. The molecule has 29 heavy (non-hydrogen) atoms. The lowest BCUT2D eigenvalue weighted by molar-refractivity contribution is -0.128. The van der Waals surface area contributed by atoms with Crippen molar-refractivity contribution < 1.29 is 23.9 Å². The molecule has 0 unspecified atom stereocenters. The lowest BCUT2D eigenvalue weighted by Gasteiger charge is -2.47. The van der Waals surface area contributed by atoms with Gasteiger partial charge < -0.3 is 19.7 Å². The number of nitrogens with one attached hydrogen (secondary N) is 1. The number of hydrogen-bond donors (Lipinski definition) is 1. The number of carbonyl (C=O) groups excluding carboxylic acids is 3. The van der Waals surface area contributed by atoms with Gasteiger partial charge >= 0.3 is 0 Å². The van der Waals surface area contributed by atoms with Gasteiger partial charge in [-0.15, -0.1) is 0 Å². The predicted octanol–water partition coefficient (Wildman–Crippen LogP) is 2.25. The molecule has 1 atom stereocenters. The Labute approximate surface area is 168 Å². The molecular formula is C21H21N3O5. The van der Waals surface area contributed by atoms with Crippen molar-refractivity contribution in [3.05, 3.63) is 48.0 Å². The molecule has 2 heterocycles. The van der Waals surface area contributed by atoms with E-state index in [1.807, 2.05) is 0 Å². The number of fused-ring (bicyclic) bond motifs is 3. The van der Waals surface area contributed by atoms with Gasteiger partial charge in [0.2, 0.25) is 11.6 Å². The number of para-hydroxylation sites is 1. The third-order valence-electron chi connectivity index (χ3n) is 5.55. The zero-order chi connectivity index (χ0) is 20.8. The van der Waals surface area contributed by atoms with Crippen LogP contribution in [0.25, 0.3) is 0 Å². The Morgan fingerprint density at radius 2 is 1.79 bits per heavy atom. The van der Waals surface area contributed by atoms with Gasteiger partial charge in [0.05, 0.1) is 25.5 Å². The first-order valence-corrected chi connectivity index (χ1v) is 9.17. The van der Waals surface area contributed by atoms with Crippen LogP contribution in [0.4, 0.5) is 11.4 Å². The van der Waals surface area contributed by atoms with Crippen LogP contribution in [0.15, 0.2) is 42.5 Å². The van der Waals surface area contributed by atoms with Crippen LogP contribution in [0.3, 0.4) is 0 Å². The summed E-state index contributed by atoms with van der Waals surface area (Å²) in [7, 11) is 4.58. The van der Waals surface area contributed by atoms with Crippen molar-refractivity contribution in [3.63, 3.8) is 0 Å². The van der Waals surface area contributed by atoms with Crippen LogP contribution in [0.1, 0.15) is 23.2 Å². The molecule has 3 amide bonds. The molecule has 1 fully saturated rings. The normalized spacial score (nSPS) is 20.2. The third-order valence-corrected chi connectivity index (χ3v) is 5.55. The van der Waals surface area contributed by atoms with Crippen molar-refractivity contribution in [1.82, 2.24) is 4.90 Å². The number of hydrogen-bond acceptors (Lipinski definition) is 5. The highest BCUT2D eigenvalue weighted by Gasteiger charge is 2.59. The minimum atomic E-state index is -1.42. The van der Waals surface area contributed by atoms with Gasteiger partial charge in [0.1, 0.15) is 0 Å². The number of rotatable bonds is 4. The van der Waals surface area contributed by atoms with E-state index in [1.54, 1.807) is 49.5 Å². The monoisotopic (exact) mass is 395 g/mol.